The van der Waals surface area contributed by atoms with E-state index in [0.717, 1.165) is 23.0 Å². The topological polar surface area (TPSA) is 54.8 Å². The highest BCUT2D eigenvalue weighted by molar-refractivity contribution is 9.10. The fourth-order valence-corrected chi connectivity index (χ4v) is 3.55. The first-order valence-electron chi connectivity index (χ1n) is 11.0. The average Bonchev–Trinajstić information content (AvgIpc) is 3.17. The van der Waals surface area contributed by atoms with Crippen LogP contribution in [0.15, 0.2) is 47.1 Å². The molecule has 6 nitrogen and oxygen atoms in total. The number of amides is 2. The van der Waals surface area contributed by atoms with Gasteiger partial charge in [0.25, 0.3) is 5.91 Å². The third kappa shape index (κ3) is 8.15. The Morgan fingerprint density at radius 3 is 2.35 bits per heavy atom. The summed E-state index contributed by atoms with van der Waals surface area (Å²) in [5.41, 5.74) is 1.65. The first-order chi connectivity index (χ1) is 15.0. The molecule has 7 heteroatoms. The molecular weight excluding hydrogens is 458 g/mol. The summed E-state index contributed by atoms with van der Waals surface area (Å²) in [5, 5.41) is 0. The smallest absolute Gasteiger partial charge is 0.254 e. The molecule has 0 aliphatic carbocycles. The molecule has 0 saturated carbocycles. The second kappa shape index (κ2) is 13.3. The summed E-state index contributed by atoms with van der Waals surface area (Å²) in [6.07, 6.45) is 4.61. The van der Waals surface area contributed by atoms with Crippen LogP contribution in [0, 0.1) is 0 Å². The zero-order valence-corrected chi connectivity index (χ0v) is 20.4. The molecule has 1 aromatic heterocycles. The number of benzene rings is 1. The number of nitrogens with zero attached hydrogens (tertiary/aromatic N) is 3. The number of carbonyl (C=O) groups excluding carboxylic acids is 2. The minimum atomic E-state index is -0.133. The van der Waals surface area contributed by atoms with E-state index < -0.39 is 0 Å². The number of carbonyl (C=O) groups is 2. The van der Waals surface area contributed by atoms with Crippen molar-refractivity contribution in [2.75, 3.05) is 32.8 Å². The fourth-order valence-electron chi connectivity index (χ4n) is 3.29. The lowest BCUT2D eigenvalue weighted by molar-refractivity contribution is -0.132. The molecule has 2 amide bonds. The molecule has 0 aliphatic heterocycles. The van der Waals surface area contributed by atoms with Crippen LogP contribution in [-0.4, -0.2) is 59.0 Å². The summed E-state index contributed by atoms with van der Waals surface area (Å²) in [5.74, 6) is -0.164. The molecular formula is C24H34BrN3O3. The summed E-state index contributed by atoms with van der Waals surface area (Å²) >= 11 is 3.40. The predicted molar refractivity (Wildman–Crippen MR) is 127 cm³/mol. The number of ether oxygens (including phenoxy) is 1. The minimum Gasteiger partial charge on any atom is -0.382 e. The second-order valence-corrected chi connectivity index (χ2v) is 8.48. The normalized spacial score (nSPS) is 10.8. The van der Waals surface area contributed by atoms with Crippen LogP contribution in [0.2, 0.25) is 0 Å². The van der Waals surface area contributed by atoms with Gasteiger partial charge in [0.05, 0.1) is 6.54 Å². The maximum absolute atomic E-state index is 13.3. The van der Waals surface area contributed by atoms with Gasteiger partial charge in [-0.25, -0.2) is 0 Å². The Bertz CT molecular complexity index is 820. The lowest BCUT2D eigenvalue weighted by Gasteiger charge is -2.28. The van der Waals surface area contributed by atoms with Gasteiger partial charge in [-0.2, -0.15) is 0 Å². The van der Waals surface area contributed by atoms with Gasteiger partial charge in [-0.3, -0.25) is 9.59 Å². The number of hydrogen-bond donors (Lipinski definition) is 0. The van der Waals surface area contributed by atoms with Gasteiger partial charge in [-0.05, 0) is 56.2 Å². The molecule has 0 atom stereocenters. The maximum atomic E-state index is 13.3. The SMILES string of the molecule is CCCCN(Cc1cccn1C)C(=O)CN(CCCOCC)C(=O)c1ccc(Br)cc1. The monoisotopic (exact) mass is 491 g/mol. The van der Waals surface area contributed by atoms with Crippen molar-refractivity contribution in [3.8, 4) is 0 Å². The molecule has 1 aromatic carbocycles. The second-order valence-electron chi connectivity index (χ2n) is 7.56. The quantitative estimate of drug-likeness (QED) is 0.388. The number of hydrogen-bond acceptors (Lipinski definition) is 3. The molecule has 0 bridgehead atoms. The summed E-state index contributed by atoms with van der Waals surface area (Å²) in [4.78, 5) is 29.9. The van der Waals surface area contributed by atoms with Crippen molar-refractivity contribution in [3.63, 3.8) is 0 Å². The number of aryl methyl sites for hydroxylation is 1. The lowest BCUT2D eigenvalue weighted by Crippen LogP contribution is -2.43. The molecule has 0 spiro atoms. The third-order valence-corrected chi connectivity index (χ3v) is 5.69. The van der Waals surface area contributed by atoms with Crippen molar-refractivity contribution >= 4 is 27.7 Å². The van der Waals surface area contributed by atoms with Crippen LogP contribution in [0.1, 0.15) is 49.2 Å². The Morgan fingerprint density at radius 1 is 1.03 bits per heavy atom. The van der Waals surface area contributed by atoms with Crippen LogP contribution in [0.3, 0.4) is 0 Å². The molecule has 0 N–H and O–H groups in total. The zero-order valence-electron chi connectivity index (χ0n) is 18.8. The lowest BCUT2D eigenvalue weighted by atomic mass is 10.2. The average molecular weight is 492 g/mol. The van der Waals surface area contributed by atoms with Gasteiger partial charge in [-0.1, -0.05) is 29.3 Å². The van der Waals surface area contributed by atoms with Gasteiger partial charge in [0.2, 0.25) is 5.91 Å². The summed E-state index contributed by atoms with van der Waals surface area (Å²) in [7, 11) is 1.98. The van der Waals surface area contributed by atoms with E-state index in [-0.39, 0.29) is 18.4 Å². The molecule has 1 heterocycles. The largest absolute Gasteiger partial charge is 0.382 e. The zero-order chi connectivity index (χ0) is 22.6. The van der Waals surface area contributed by atoms with Gasteiger partial charge in [0.1, 0.15) is 6.54 Å². The summed E-state index contributed by atoms with van der Waals surface area (Å²) < 4.78 is 8.37. The number of unbranched alkanes of at least 4 members (excludes halogenated alkanes) is 1. The van der Waals surface area contributed by atoms with Crippen molar-refractivity contribution in [2.45, 2.75) is 39.7 Å². The molecule has 0 fully saturated rings. The number of halogens is 1. The minimum absolute atomic E-state index is 0.0310. The first-order valence-corrected chi connectivity index (χ1v) is 11.8. The van der Waals surface area contributed by atoms with Crippen molar-refractivity contribution in [2.24, 2.45) is 7.05 Å². The Labute approximate surface area is 194 Å². The van der Waals surface area contributed by atoms with Crippen LogP contribution in [-0.2, 0) is 23.1 Å². The fraction of sp³-hybridized carbons (Fsp3) is 0.500. The van der Waals surface area contributed by atoms with Crippen molar-refractivity contribution in [1.29, 1.82) is 0 Å². The summed E-state index contributed by atoms with van der Waals surface area (Å²) in [6, 6.07) is 11.3. The standard InChI is InChI=1S/C24H34BrN3O3/c1-4-6-15-27(18-22-9-7-14-26(22)3)23(29)19-28(16-8-17-31-5-2)24(30)20-10-12-21(25)13-11-20/h7,9-14H,4-6,8,15-19H2,1-3H3. The number of aromatic nitrogens is 1. The van der Waals surface area contributed by atoms with Gasteiger partial charge in [0.15, 0.2) is 0 Å². The van der Waals surface area contributed by atoms with Crippen LogP contribution < -0.4 is 0 Å². The summed E-state index contributed by atoms with van der Waals surface area (Å²) in [6.45, 7) is 7.04. The Hall–Kier alpha value is -2.12. The van der Waals surface area contributed by atoms with E-state index in [1.165, 1.54) is 0 Å². The van der Waals surface area contributed by atoms with Crippen molar-refractivity contribution in [1.82, 2.24) is 14.4 Å². The van der Waals surface area contributed by atoms with Gasteiger partial charge in [-0.15, -0.1) is 0 Å². The molecule has 31 heavy (non-hydrogen) atoms. The Kier molecular flexibility index (Phi) is 10.8. The molecule has 0 saturated heterocycles. The van der Waals surface area contributed by atoms with E-state index in [1.54, 1.807) is 17.0 Å². The first kappa shape index (κ1) is 25.1. The molecule has 170 valence electrons. The van der Waals surface area contributed by atoms with Crippen LogP contribution in [0.4, 0.5) is 0 Å². The van der Waals surface area contributed by atoms with E-state index >= 15 is 0 Å². The Balaban J connectivity index is 2.14. The van der Waals surface area contributed by atoms with E-state index in [1.807, 2.05) is 53.9 Å². The van der Waals surface area contributed by atoms with E-state index in [0.29, 0.717) is 44.8 Å². The molecule has 2 aromatic rings. The van der Waals surface area contributed by atoms with E-state index in [2.05, 4.69) is 22.9 Å². The van der Waals surface area contributed by atoms with E-state index in [9.17, 15) is 9.59 Å². The van der Waals surface area contributed by atoms with Gasteiger partial charge in [0, 0.05) is 55.3 Å². The van der Waals surface area contributed by atoms with E-state index in [4.69, 9.17) is 4.74 Å². The predicted octanol–water partition coefficient (Wildman–Crippen LogP) is 4.49. The molecule has 0 unspecified atom stereocenters. The molecule has 0 radical (unpaired) electrons. The molecule has 2 rings (SSSR count). The van der Waals surface area contributed by atoms with Crippen molar-refractivity contribution < 1.29 is 14.3 Å². The molecule has 0 aliphatic rings. The highest BCUT2D eigenvalue weighted by Crippen LogP contribution is 2.14. The highest BCUT2D eigenvalue weighted by atomic mass is 79.9. The van der Waals surface area contributed by atoms with Gasteiger partial charge < -0.3 is 19.1 Å². The van der Waals surface area contributed by atoms with Crippen LogP contribution in [0.5, 0.6) is 0 Å². The third-order valence-electron chi connectivity index (χ3n) is 5.16. The number of rotatable bonds is 13. The van der Waals surface area contributed by atoms with Gasteiger partial charge >= 0.3 is 0 Å². The van der Waals surface area contributed by atoms with Crippen LogP contribution in [0.25, 0.3) is 0 Å². The van der Waals surface area contributed by atoms with Crippen LogP contribution >= 0.6 is 15.9 Å². The maximum Gasteiger partial charge on any atom is 0.254 e. The highest BCUT2D eigenvalue weighted by Gasteiger charge is 2.22. The Morgan fingerprint density at radius 2 is 1.74 bits per heavy atom. The van der Waals surface area contributed by atoms with Crippen molar-refractivity contribution in [3.05, 3.63) is 58.3 Å².